The van der Waals surface area contributed by atoms with Gasteiger partial charge in [0.2, 0.25) is 0 Å². The molecule has 0 amide bonds. The molecule has 5 rings (SSSR count). The van der Waals surface area contributed by atoms with Crippen LogP contribution in [0, 0.1) is 17.5 Å². The molecule has 0 aliphatic carbocycles. The number of aromatic nitrogens is 1. The van der Waals surface area contributed by atoms with Gasteiger partial charge in [-0.05, 0) is 71.3 Å². The van der Waals surface area contributed by atoms with Crippen molar-refractivity contribution in [1.29, 1.82) is 0 Å². The van der Waals surface area contributed by atoms with Crippen molar-refractivity contribution in [2.45, 2.75) is 18.3 Å². The van der Waals surface area contributed by atoms with Gasteiger partial charge in [-0.3, -0.25) is 0 Å². The molecule has 0 saturated carbocycles. The van der Waals surface area contributed by atoms with E-state index in [1.54, 1.807) is 24.3 Å². The Kier molecular flexibility index (Phi) is 8.64. The quantitative estimate of drug-likeness (QED) is 0.360. The van der Waals surface area contributed by atoms with E-state index in [0.717, 1.165) is 28.8 Å². The van der Waals surface area contributed by atoms with Gasteiger partial charge in [-0.25, -0.2) is 18.2 Å². The number of nitrogens with zero attached hydrogens (tertiary/aromatic N) is 1. The number of carboxylic acids is 1. The first kappa shape index (κ1) is 27.3. The third-order valence-corrected chi connectivity index (χ3v) is 7.16. The van der Waals surface area contributed by atoms with Crippen molar-refractivity contribution in [3.8, 4) is 5.75 Å². The van der Waals surface area contributed by atoms with Crippen LogP contribution in [-0.4, -0.2) is 16.7 Å². The van der Waals surface area contributed by atoms with E-state index < -0.39 is 17.6 Å². The third kappa shape index (κ3) is 6.21. The number of carbonyl (C=O) groups is 1. The van der Waals surface area contributed by atoms with Crippen LogP contribution in [0.25, 0.3) is 23.1 Å². The summed E-state index contributed by atoms with van der Waals surface area (Å²) in [7, 11) is 0. The van der Waals surface area contributed by atoms with Gasteiger partial charge in [0.15, 0.2) is 11.6 Å². The van der Waals surface area contributed by atoms with Crippen molar-refractivity contribution in [3.05, 3.63) is 106 Å². The molecule has 1 aromatic heterocycles. The Morgan fingerprint density at radius 3 is 2.62 bits per heavy atom. The SMILES string of the molecule is O=C([O-])CCSC1c2ccc(F)cc2COc2ccc(/C=C/c3ccc4cc(F)c(F)cc4n3)cc21.[Na+]. The Bertz CT molecular complexity index is 1510. The van der Waals surface area contributed by atoms with E-state index in [1.165, 1.54) is 23.9 Å². The molecule has 0 fully saturated rings. The zero-order chi connectivity index (χ0) is 25.2. The monoisotopic (exact) mass is 529 g/mol. The van der Waals surface area contributed by atoms with Crippen molar-refractivity contribution in [3.63, 3.8) is 0 Å². The fourth-order valence-electron chi connectivity index (χ4n) is 4.13. The van der Waals surface area contributed by atoms with Crippen molar-refractivity contribution < 1.29 is 57.4 Å². The summed E-state index contributed by atoms with van der Waals surface area (Å²) in [5.74, 6) is -2.41. The number of hydrogen-bond donors (Lipinski definition) is 0. The summed E-state index contributed by atoms with van der Waals surface area (Å²) in [6.07, 6.45) is 3.50. The minimum atomic E-state index is -1.13. The van der Waals surface area contributed by atoms with Gasteiger partial charge in [-0.1, -0.05) is 24.3 Å². The van der Waals surface area contributed by atoms with Crippen LogP contribution in [0.1, 0.15) is 39.6 Å². The number of carboxylic acid groups (broad SMARTS) is 1. The van der Waals surface area contributed by atoms with E-state index in [9.17, 15) is 23.1 Å². The fourth-order valence-corrected chi connectivity index (χ4v) is 5.43. The molecule has 9 heteroatoms. The average Bonchev–Trinajstić information content (AvgIpc) is 2.99. The van der Waals surface area contributed by atoms with Crippen LogP contribution in [0.15, 0.2) is 60.7 Å². The van der Waals surface area contributed by atoms with Gasteiger partial charge in [0.05, 0.1) is 16.5 Å². The first-order valence-corrected chi connectivity index (χ1v) is 12.2. The maximum atomic E-state index is 13.9. The molecule has 1 unspecified atom stereocenters. The van der Waals surface area contributed by atoms with Gasteiger partial charge >= 0.3 is 29.6 Å². The van der Waals surface area contributed by atoms with Gasteiger partial charge in [-0.2, -0.15) is 0 Å². The van der Waals surface area contributed by atoms with Crippen LogP contribution in [0.3, 0.4) is 0 Å². The first-order chi connectivity index (χ1) is 17.4. The number of carbonyl (C=O) groups excluding carboxylic acids is 1. The second kappa shape index (κ2) is 11.7. The third-order valence-electron chi connectivity index (χ3n) is 5.88. The molecule has 4 nitrogen and oxygen atoms in total. The summed E-state index contributed by atoms with van der Waals surface area (Å²) in [6.45, 7) is 0.199. The Morgan fingerprint density at radius 1 is 1.00 bits per heavy atom. The molecule has 1 aliphatic heterocycles. The molecule has 0 bridgehead atoms. The number of pyridine rings is 1. The zero-order valence-corrected chi connectivity index (χ0v) is 22.7. The first-order valence-electron chi connectivity index (χ1n) is 11.2. The summed E-state index contributed by atoms with van der Waals surface area (Å²) in [6, 6.07) is 15.7. The Morgan fingerprint density at radius 2 is 1.81 bits per heavy atom. The van der Waals surface area contributed by atoms with E-state index >= 15 is 0 Å². The van der Waals surface area contributed by atoms with Crippen LogP contribution in [0.5, 0.6) is 5.75 Å². The predicted molar refractivity (Wildman–Crippen MR) is 132 cm³/mol. The minimum absolute atomic E-state index is 0. The standard InChI is InChI=1S/C28H20F3NO3S.Na/c29-19-4-7-21-18(12-19)15-35-26-8-2-16(11-22(26)28(21)36-10-9-27(33)34)1-5-20-6-3-17-13-23(30)24(31)14-25(17)32-20;/h1-8,11-14,28H,9-10,15H2,(H,33,34);/q;+1/p-1/b5-1+;. The maximum Gasteiger partial charge on any atom is 1.00 e. The van der Waals surface area contributed by atoms with Gasteiger partial charge in [0.1, 0.15) is 18.2 Å². The topological polar surface area (TPSA) is 62.2 Å². The van der Waals surface area contributed by atoms with E-state index in [4.69, 9.17) is 4.74 Å². The number of hydrogen-bond acceptors (Lipinski definition) is 5. The van der Waals surface area contributed by atoms with E-state index in [1.807, 2.05) is 24.3 Å². The normalized spacial score (nSPS) is 14.4. The number of rotatable bonds is 6. The second-order valence-electron chi connectivity index (χ2n) is 8.33. The van der Waals surface area contributed by atoms with Gasteiger partial charge in [0, 0.05) is 23.0 Å². The fraction of sp³-hybridized carbons (Fsp3) is 0.143. The molecule has 1 aliphatic rings. The number of fused-ring (bicyclic) bond motifs is 3. The van der Waals surface area contributed by atoms with E-state index in [-0.39, 0.29) is 53.7 Å². The molecular formula is C28H19F3NNaO3S. The number of ether oxygens (including phenoxy) is 1. The van der Waals surface area contributed by atoms with Crippen molar-refractivity contribution >= 4 is 40.8 Å². The Balaban J connectivity index is 0.00000320. The molecule has 37 heavy (non-hydrogen) atoms. The summed E-state index contributed by atoms with van der Waals surface area (Å²) in [4.78, 5) is 15.4. The molecular weight excluding hydrogens is 510 g/mol. The van der Waals surface area contributed by atoms with Crippen molar-refractivity contribution in [2.24, 2.45) is 0 Å². The largest absolute Gasteiger partial charge is 1.00 e. The molecule has 2 heterocycles. The maximum absolute atomic E-state index is 13.9. The van der Waals surface area contributed by atoms with Crippen LogP contribution in [0.4, 0.5) is 13.2 Å². The summed E-state index contributed by atoms with van der Waals surface area (Å²) in [5.41, 5.74) is 4.17. The zero-order valence-electron chi connectivity index (χ0n) is 19.8. The molecule has 0 saturated heterocycles. The van der Waals surface area contributed by atoms with Gasteiger partial charge in [0.25, 0.3) is 0 Å². The molecule has 3 aromatic carbocycles. The summed E-state index contributed by atoms with van der Waals surface area (Å²) >= 11 is 1.43. The number of halogens is 3. The number of benzene rings is 3. The Labute approximate surface area is 237 Å². The predicted octanol–water partition coefficient (Wildman–Crippen LogP) is 2.68. The van der Waals surface area contributed by atoms with Gasteiger partial charge < -0.3 is 14.6 Å². The summed E-state index contributed by atoms with van der Waals surface area (Å²) < 4.78 is 47.0. The van der Waals surface area contributed by atoms with Crippen LogP contribution in [0.2, 0.25) is 0 Å². The molecule has 182 valence electrons. The smallest absolute Gasteiger partial charge is 0.550 e. The number of thioether (sulfide) groups is 1. The van der Waals surface area contributed by atoms with Crippen molar-refractivity contribution in [1.82, 2.24) is 4.98 Å². The van der Waals surface area contributed by atoms with Crippen molar-refractivity contribution in [2.75, 3.05) is 5.75 Å². The molecule has 0 radical (unpaired) electrons. The summed E-state index contributed by atoms with van der Waals surface area (Å²) in [5, 5.41) is 11.2. The molecule has 4 aromatic rings. The van der Waals surface area contributed by atoms with E-state index in [0.29, 0.717) is 33.7 Å². The molecule has 0 N–H and O–H groups in total. The van der Waals surface area contributed by atoms with Crippen LogP contribution in [-0.2, 0) is 11.4 Å². The Hall–Kier alpha value is -2.78. The molecule has 0 spiro atoms. The van der Waals surface area contributed by atoms with Crippen LogP contribution < -0.4 is 39.4 Å². The second-order valence-corrected chi connectivity index (χ2v) is 9.54. The average molecular weight is 530 g/mol. The number of aliphatic carboxylic acids is 1. The van der Waals surface area contributed by atoms with Crippen LogP contribution >= 0.6 is 11.8 Å². The molecule has 1 atom stereocenters. The minimum Gasteiger partial charge on any atom is -0.550 e. The van der Waals surface area contributed by atoms with Gasteiger partial charge in [-0.15, -0.1) is 11.8 Å². The van der Waals surface area contributed by atoms with E-state index in [2.05, 4.69) is 4.98 Å².